The van der Waals surface area contributed by atoms with E-state index >= 15 is 0 Å². The van der Waals surface area contributed by atoms with Crippen LogP contribution in [0.5, 0.6) is 5.75 Å². The number of primary amides is 2. The van der Waals surface area contributed by atoms with Crippen molar-refractivity contribution in [2.75, 3.05) is 13.2 Å². The lowest BCUT2D eigenvalue weighted by molar-refractivity contribution is -0.123. The van der Waals surface area contributed by atoms with Crippen LogP contribution in [-0.2, 0) is 21.6 Å². The van der Waals surface area contributed by atoms with Crippen LogP contribution in [0.15, 0.2) is 22.7 Å². The van der Waals surface area contributed by atoms with Gasteiger partial charge in [-0.15, -0.1) is 11.3 Å². The van der Waals surface area contributed by atoms with Gasteiger partial charge in [-0.2, -0.15) is 0 Å². The Balaban J connectivity index is 1.94. The average Bonchev–Trinajstić information content (AvgIpc) is 3.37. The monoisotopic (exact) mass is 415 g/mol. The molecule has 1 fully saturated rings. The molecule has 0 saturated carbocycles. The summed E-state index contributed by atoms with van der Waals surface area (Å²) in [7, 11) is 0. The Morgan fingerprint density at radius 1 is 1.31 bits per heavy atom. The third-order valence-electron chi connectivity index (χ3n) is 5.25. The molecule has 1 unspecified atom stereocenters. The van der Waals surface area contributed by atoms with E-state index in [1.807, 2.05) is 6.92 Å². The largest absolute Gasteiger partial charge is 0.488 e. The van der Waals surface area contributed by atoms with E-state index < -0.39 is 17.2 Å². The summed E-state index contributed by atoms with van der Waals surface area (Å²) in [6.45, 7) is 4.31. The second-order valence-corrected chi connectivity index (χ2v) is 8.41. The molecule has 4 rings (SSSR count). The number of nitrogens with zero attached hydrogens (tertiary/aromatic N) is 1. The van der Waals surface area contributed by atoms with E-state index in [0.717, 1.165) is 9.88 Å². The van der Waals surface area contributed by atoms with Gasteiger partial charge in [0.25, 0.3) is 5.91 Å². The Morgan fingerprint density at radius 3 is 2.69 bits per heavy atom. The fourth-order valence-electron chi connectivity index (χ4n) is 3.88. The number of thiazole rings is 1. The number of aromatic nitrogens is 1. The third kappa shape index (κ3) is 3.16. The molecule has 4 N–H and O–H groups in total. The number of carbonyl (C=O) groups is 2. The minimum absolute atomic E-state index is 0.0971. The molecular weight excluding hydrogens is 394 g/mol. The smallest absolute Gasteiger partial charge is 0.252 e. The van der Waals surface area contributed by atoms with Crippen LogP contribution in [0.2, 0.25) is 0 Å². The molecule has 8 nitrogen and oxygen atoms in total. The molecular formula is C20H21N3O5S. The lowest BCUT2D eigenvalue weighted by Crippen LogP contribution is -2.42. The first-order valence-corrected chi connectivity index (χ1v) is 9.93. The van der Waals surface area contributed by atoms with Crippen molar-refractivity contribution < 1.29 is 23.5 Å². The quantitative estimate of drug-likeness (QED) is 0.635. The Bertz CT molecular complexity index is 1110. The average molecular weight is 415 g/mol. The van der Waals surface area contributed by atoms with E-state index in [-0.39, 0.29) is 18.8 Å². The number of amides is 2. The van der Waals surface area contributed by atoms with Crippen molar-refractivity contribution >= 4 is 34.1 Å². The number of hydrogen-bond acceptors (Lipinski definition) is 7. The van der Waals surface area contributed by atoms with Gasteiger partial charge in [-0.25, -0.2) is 4.98 Å². The summed E-state index contributed by atoms with van der Waals surface area (Å²) in [5.41, 5.74) is 11.5. The van der Waals surface area contributed by atoms with Crippen LogP contribution in [0.4, 0.5) is 0 Å². The fraction of sp³-hybridized carbons (Fsp3) is 0.350. The molecule has 0 radical (unpaired) electrons. The lowest BCUT2D eigenvalue weighted by Gasteiger charge is -2.27. The van der Waals surface area contributed by atoms with Gasteiger partial charge in [-0.3, -0.25) is 9.59 Å². The van der Waals surface area contributed by atoms with Crippen LogP contribution in [0.25, 0.3) is 11.0 Å². The third-order valence-corrected chi connectivity index (χ3v) is 6.14. The summed E-state index contributed by atoms with van der Waals surface area (Å²) in [6.07, 6.45) is 2.12. The van der Waals surface area contributed by atoms with Crippen LogP contribution in [0, 0.1) is 13.8 Å². The predicted octanol–water partition coefficient (Wildman–Crippen LogP) is 2.33. The molecule has 2 amide bonds. The molecule has 152 valence electrons. The van der Waals surface area contributed by atoms with E-state index in [1.165, 1.54) is 11.3 Å². The standard InChI is InChI=1S/C20H21N3O5S/c1-10-15(18(21)24)16-13(28-10)3-4-14(27-8-12-7-23-11(2)29-12)17(16)20(19(22)25)5-6-26-9-20/h3-4,7H,5-6,8-9H2,1-2H3,(H2,21,24)(H2,22,25). The van der Waals surface area contributed by atoms with Crippen molar-refractivity contribution in [3.05, 3.63) is 45.1 Å². The summed E-state index contributed by atoms with van der Waals surface area (Å²) in [5, 5.41) is 1.39. The Hall–Kier alpha value is -2.91. The zero-order valence-electron chi connectivity index (χ0n) is 16.1. The van der Waals surface area contributed by atoms with Gasteiger partial charge in [-0.05, 0) is 32.4 Å². The SMILES string of the molecule is Cc1ncc(COc2ccc3oc(C)c(C(N)=O)c3c2C2(C(N)=O)CCOC2)s1. The highest BCUT2D eigenvalue weighted by atomic mass is 32.1. The lowest BCUT2D eigenvalue weighted by atomic mass is 9.76. The van der Waals surface area contributed by atoms with Crippen molar-refractivity contribution in [1.82, 2.24) is 4.98 Å². The molecule has 1 aliphatic rings. The van der Waals surface area contributed by atoms with E-state index in [2.05, 4.69) is 4.98 Å². The maximum atomic E-state index is 12.6. The highest BCUT2D eigenvalue weighted by Crippen LogP contribution is 2.45. The highest BCUT2D eigenvalue weighted by molar-refractivity contribution is 7.11. The van der Waals surface area contributed by atoms with Crippen molar-refractivity contribution in [2.45, 2.75) is 32.3 Å². The molecule has 2 aromatic heterocycles. The second kappa shape index (κ2) is 7.16. The van der Waals surface area contributed by atoms with Gasteiger partial charge in [-0.1, -0.05) is 0 Å². The van der Waals surface area contributed by atoms with Gasteiger partial charge in [0.15, 0.2) is 0 Å². The number of fused-ring (bicyclic) bond motifs is 1. The molecule has 0 spiro atoms. The number of furan rings is 1. The van der Waals surface area contributed by atoms with Gasteiger partial charge < -0.3 is 25.4 Å². The molecule has 1 aliphatic heterocycles. The first-order valence-electron chi connectivity index (χ1n) is 9.11. The molecule has 3 aromatic rings. The van der Waals surface area contributed by atoms with E-state index in [0.29, 0.717) is 41.1 Å². The molecule has 0 aliphatic carbocycles. The summed E-state index contributed by atoms with van der Waals surface area (Å²) in [5.74, 6) is -0.370. The molecule has 1 aromatic carbocycles. The van der Waals surface area contributed by atoms with Crippen molar-refractivity contribution in [3.8, 4) is 5.75 Å². The van der Waals surface area contributed by atoms with Crippen LogP contribution >= 0.6 is 11.3 Å². The zero-order valence-corrected chi connectivity index (χ0v) is 16.9. The first kappa shape index (κ1) is 19.4. The fourth-order valence-corrected chi connectivity index (χ4v) is 4.59. The topological polar surface area (TPSA) is 131 Å². The van der Waals surface area contributed by atoms with Crippen LogP contribution in [0.1, 0.15) is 38.0 Å². The molecule has 29 heavy (non-hydrogen) atoms. The number of hydrogen-bond donors (Lipinski definition) is 2. The van der Waals surface area contributed by atoms with E-state index in [9.17, 15) is 9.59 Å². The minimum Gasteiger partial charge on any atom is -0.488 e. The summed E-state index contributed by atoms with van der Waals surface area (Å²) < 4.78 is 17.4. The number of aryl methyl sites for hydroxylation is 2. The summed E-state index contributed by atoms with van der Waals surface area (Å²) in [4.78, 5) is 30.0. The van der Waals surface area contributed by atoms with Gasteiger partial charge in [0.2, 0.25) is 5.91 Å². The van der Waals surface area contributed by atoms with Gasteiger partial charge >= 0.3 is 0 Å². The maximum absolute atomic E-state index is 12.6. The number of benzene rings is 1. The summed E-state index contributed by atoms with van der Waals surface area (Å²) in [6, 6.07) is 3.43. The second-order valence-electron chi connectivity index (χ2n) is 7.09. The van der Waals surface area contributed by atoms with Crippen molar-refractivity contribution in [1.29, 1.82) is 0 Å². The zero-order chi connectivity index (χ0) is 20.8. The molecule has 1 atom stereocenters. The van der Waals surface area contributed by atoms with E-state index in [1.54, 1.807) is 25.3 Å². The first-order chi connectivity index (χ1) is 13.8. The number of carbonyl (C=O) groups excluding carboxylic acids is 2. The molecule has 0 bridgehead atoms. The number of ether oxygens (including phenoxy) is 2. The minimum atomic E-state index is -1.14. The molecule has 1 saturated heterocycles. The highest BCUT2D eigenvalue weighted by Gasteiger charge is 2.47. The van der Waals surface area contributed by atoms with Gasteiger partial charge in [0.05, 0.1) is 22.1 Å². The Labute approximate surface area is 170 Å². The predicted molar refractivity (Wildman–Crippen MR) is 107 cm³/mol. The Kier molecular flexibility index (Phi) is 4.79. The maximum Gasteiger partial charge on any atom is 0.252 e. The Morgan fingerprint density at radius 2 is 2.10 bits per heavy atom. The van der Waals surface area contributed by atoms with Crippen LogP contribution < -0.4 is 16.2 Å². The van der Waals surface area contributed by atoms with Crippen LogP contribution in [0.3, 0.4) is 0 Å². The van der Waals surface area contributed by atoms with E-state index in [4.69, 9.17) is 25.4 Å². The van der Waals surface area contributed by atoms with Gasteiger partial charge in [0, 0.05) is 23.8 Å². The van der Waals surface area contributed by atoms with Crippen LogP contribution in [-0.4, -0.2) is 30.0 Å². The van der Waals surface area contributed by atoms with Gasteiger partial charge in [0.1, 0.15) is 29.1 Å². The van der Waals surface area contributed by atoms with Crippen molar-refractivity contribution in [3.63, 3.8) is 0 Å². The molecule has 3 heterocycles. The number of nitrogens with two attached hydrogens (primary N) is 2. The number of rotatable bonds is 6. The normalized spacial score (nSPS) is 19.0. The van der Waals surface area contributed by atoms with Crippen molar-refractivity contribution in [2.24, 2.45) is 11.5 Å². The summed E-state index contributed by atoms with van der Waals surface area (Å²) >= 11 is 1.52. The molecule has 9 heteroatoms.